The van der Waals surface area contributed by atoms with Crippen LogP contribution in [0.3, 0.4) is 0 Å². The first-order valence-corrected chi connectivity index (χ1v) is 17.2. The lowest BCUT2D eigenvalue weighted by Gasteiger charge is -2.46. The third kappa shape index (κ3) is 5.90. The van der Waals surface area contributed by atoms with Crippen LogP contribution in [0.25, 0.3) is 0 Å². The Kier molecular flexibility index (Phi) is 8.13. The summed E-state index contributed by atoms with van der Waals surface area (Å²) in [5.41, 5.74) is 3.72. The van der Waals surface area contributed by atoms with Crippen molar-refractivity contribution in [1.82, 2.24) is 0 Å². The highest BCUT2D eigenvalue weighted by atomic mass is 35.5. The van der Waals surface area contributed by atoms with Crippen molar-refractivity contribution < 1.29 is 18.5 Å². The highest BCUT2D eigenvalue weighted by molar-refractivity contribution is 7.91. The topological polar surface area (TPSA) is 94.2 Å². The molecule has 4 aliphatic rings. The summed E-state index contributed by atoms with van der Waals surface area (Å²) in [6, 6.07) is 11.8. The molecule has 7 nitrogen and oxygen atoms in total. The molecular weight excluding hydrogens is 558 g/mol. The summed E-state index contributed by atoms with van der Waals surface area (Å²) in [5, 5.41) is 6.88. The van der Waals surface area contributed by atoms with Crippen molar-refractivity contribution in [3.8, 4) is 5.75 Å². The van der Waals surface area contributed by atoms with Crippen LogP contribution in [0.1, 0.15) is 73.4 Å². The smallest absolute Gasteiger partial charge is 0.286 e. The highest BCUT2D eigenvalue weighted by Gasteiger charge is 2.44. The molecule has 1 amide bonds. The second-order valence-corrected chi connectivity index (χ2v) is 15.2. The fourth-order valence-corrected chi connectivity index (χ4v) is 9.37. The van der Waals surface area contributed by atoms with E-state index in [9.17, 15) is 9.00 Å². The molecule has 6 rings (SSSR count). The average Bonchev–Trinajstić information content (AvgIpc) is 3.06. The summed E-state index contributed by atoms with van der Waals surface area (Å²) in [5.74, 6) is 1.52. The van der Waals surface area contributed by atoms with Crippen LogP contribution in [0.15, 0.2) is 40.8 Å². The zero-order valence-corrected chi connectivity index (χ0v) is 25.7. The Morgan fingerprint density at radius 3 is 2.78 bits per heavy atom. The van der Waals surface area contributed by atoms with E-state index in [0.29, 0.717) is 24.0 Å². The van der Waals surface area contributed by atoms with Crippen molar-refractivity contribution in [2.75, 3.05) is 37.5 Å². The van der Waals surface area contributed by atoms with Gasteiger partial charge in [0.15, 0.2) is 0 Å². The number of ether oxygens (including phenoxy) is 2. The fraction of sp³-hybridized carbons (Fsp3) is 0.594. The van der Waals surface area contributed by atoms with Crippen LogP contribution in [0.5, 0.6) is 5.75 Å². The number of hydrogen-bond donors (Lipinski definition) is 1. The number of methoxy groups -OCH3 is 1. The van der Waals surface area contributed by atoms with Crippen LogP contribution in [0.2, 0.25) is 5.02 Å². The summed E-state index contributed by atoms with van der Waals surface area (Å²) in [6.45, 7) is 4.25. The van der Waals surface area contributed by atoms with Crippen molar-refractivity contribution in [3.63, 3.8) is 0 Å². The van der Waals surface area contributed by atoms with Crippen LogP contribution in [-0.2, 0) is 26.5 Å². The normalized spacial score (nSPS) is 34.0. The molecule has 1 fully saturated rings. The van der Waals surface area contributed by atoms with E-state index in [1.54, 1.807) is 6.07 Å². The van der Waals surface area contributed by atoms with Crippen molar-refractivity contribution >= 4 is 33.1 Å². The lowest BCUT2D eigenvalue weighted by molar-refractivity contribution is -0.0223. The van der Waals surface area contributed by atoms with E-state index < -0.39 is 15.8 Å². The van der Waals surface area contributed by atoms with E-state index in [1.807, 2.05) is 32.2 Å². The molecule has 0 saturated heterocycles. The Hall–Kier alpha value is -2.13. The number of nitrogens with zero attached hydrogens (tertiary/aromatic N) is 2. The monoisotopic (exact) mass is 599 g/mol. The minimum atomic E-state index is -3.15. The minimum Gasteiger partial charge on any atom is -0.490 e. The number of carbonyl (C=O) groups excluding carboxylic acids is 1. The highest BCUT2D eigenvalue weighted by Crippen LogP contribution is 2.47. The first-order valence-electron chi connectivity index (χ1n) is 15.1. The summed E-state index contributed by atoms with van der Waals surface area (Å²) in [7, 11) is -1.31. The van der Waals surface area contributed by atoms with Gasteiger partial charge in [-0.1, -0.05) is 31.0 Å². The van der Waals surface area contributed by atoms with Gasteiger partial charge in [0, 0.05) is 42.0 Å². The number of fused-ring (bicyclic) bond motifs is 4. The predicted molar refractivity (Wildman–Crippen MR) is 164 cm³/mol. The molecule has 2 aromatic carbocycles. The Bertz CT molecular complexity index is 1440. The zero-order valence-electron chi connectivity index (χ0n) is 24.1. The van der Waals surface area contributed by atoms with E-state index >= 15 is 0 Å². The molecule has 2 aliphatic heterocycles. The van der Waals surface area contributed by atoms with Gasteiger partial charge in [0.1, 0.15) is 15.7 Å². The van der Waals surface area contributed by atoms with Crippen LogP contribution in [0.4, 0.5) is 5.69 Å². The number of halogens is 1. The van der Waals surface area contributed by atoms with Gasteiger partial charge in [-0.05, 0) is 104 Å². The number of rotatable bonds is 1. The number of aryl methyl sites for hydroxylation is 1. The molecule has 6 atom stereocenters. The first kappa shape index (κ1) is 29.0. The van der Waals surface area contributed by atoms with Crippen LogP contribution in [0, 0.1) is 17.8 Å². The quantitative estimate of drug-likeness (QED) is 0.424. The third-order valence-electron chi connectivity index (χ3n) is 9.94. The van der Waals surface area contributed by atoms with Crippen molar-refractivity contribution in [2.45, 2.75) is 69.8 Å². The summed E-state index contributed by atoms with van der Waals surface area (Å²) in [6.07, 6.45) is 8.45. The van der Waals surface area contributed by atoms with Gasteiger partial charge in [0.25, 0.3) is 5.91 Å². The second kappa shape index (κ2) is 11.5. The molecule has 0 unspecified atom stereocenters. The lowest BCUT2D eigenvalue weighted by atomic mass is 9.68. The fourth-order valence-electron chi connectivity index (χ4n) is 7.74. The molecule has 41 heavy (non-hydrogen) atoms. The molecule has 222 valence electrons. The van der Waals surface area contributed by atoms with E-state index in [0.717, 1.165) is 80.9 Å². The van der Waals surface area contributed by atoms with Gasteiger partial charge >= 0.3 is 0 Å². The molecule has 2 aliphatic carbocycles. The molecule has 0 radical (unpaired) electrons. The number of amides is 1. The SMILES string of the molecule is CO[C@H]1CCC[C@H](C)C[S@](N)(=O)=NC(=O)c2ccc3c(c2)N(C[C@@H]2CC[C@H]21)C[C@@]1(CCCc2cc(Cl)ccc21)CO3. The average molecular weight is 600 g/mol. The molecule has 2 N–H and O–H groups in total. The summed E-state index contributed by atoms with van der Waals surface area (Å²) >= 11 is 6.41. The third-order valence-corrected chi connectivity index (χ3v) is 11.7. The van der Waals surface area contributed by atoms with Crippen molar-refractivity contribution in [3.05, 3.63) is 58.1 Å². The number of benzene rings is 2. The molecule has 0 aromatic heterocycles. The van der Waals surface area contributed by atoms with Gasteiger partial charge in [0.05, 0.1) is 18.4 Å². The molecule has 1 spiro atoms. The molecule has 2 bridgehead atoms. The predicted octanol–water partition coefficient (Wildman–Crippen LogP) is 6.16. The first-order chi connectivity index (χ1) is 19.7. The standard InChI is InChI=1S/C32H42ClN3O4S/c1-21-5-3-7-29(39-2)26-11-8-24(26)17-36-19-32(14-4-6-22-15-25(33)10-12-27(22)32)20-40-30-13-9-23(16-28(30)36)31(37)35-41(34,38)18-21/h9-10,12-13,15-16,21,24,26,29H,3-8,11,14,17-20H2,1-2H3,(H2,34,35,37,38)/t21-,24-,26+,29-,32-,41+/m0/s1. The number of carbonyl (C=O) groups is 1. The van der Waals surface area contributed by atoms with Crippen LogP contribution >= 0.6 is 11.6 Å². The zero-order chi connectivity index (χ0) is 28.8. The molecule has 2 aromatic rings. The van der Waals surface area contributed by atoms with Crippen molar-refractivity contribution in [2.24, 2.45) is 27.3 Å². The molecular formula is C32H42ClN3O4S. The molecule has 2 heterocycles. The van der Waals surface area contributed by atoms with Gasteiger partial charge in [0.2, 0.25) is 0 Å². The van der Waals surface area contributed by atoms with Gasteiger partial charge in [-0.25, -0.2) is 9.35 Å². The molecule has 1 saturated carbocycles. The van der Waals surface area contributed by atoms with Crippen molar-refractivity contribution in [1.29, 1.82) is 0 Å². The largest absolute Gasteiger partial charge is 0.490 e. The van der Waals surface area contributed by atoms with Crippen LogP contribution in [-0.4, -0.2) is 48.8 Å². The number of hydrogen-bond acceptors (Lipinski definition) is 5. The molecule has 9 heteroatoms. The van der Waals surface area contributed by atoms with Crippen LogP contribution < -0.4 is 14.8 Å². The van der Waals surface area contributed by atoms with Gasteiger partial charge < -0.3 is 14.4 Å². The Morgan fingerprint density at radius 2 is 2.00 bits per heavy atom. The lowest BCUT2D eigenvalue weighted by Crippen LogP contribution is -2.49. The maximum Gasteiger partial charge on any atom is 0.286 e. The summed E-state index contributed by atoms with van der Waals surface area (Å²) in [4.78, 5) is 15.7. The Morgan fingerprint density at radius 1 is 1.15 bits per heavy atom. The van der Waals surface area contributed by atoms with E-state index in [2.05, 4.69) is 21.4 Å². The number of anilines is 1. The van der Waals surface area contributed by atoms with Gasteiger partial charge in [-0.3, -0.25) is 4.79 Å². The van der Waals surface area contributed by atoms with E-state index in [1.165, 1.54) is 11.1 Å². The number of nitrogens with two attached hydrogens (primary N) is 1. The maximum absolute atomic E-state index is 13.3. The second-order valence-electron chi connectivity index (χ2n) is 12.9. The van der Waals surface area contributed by atoms with Gasteiger partial charge in [-0.15, -0.1) is 4.36 Å². The van der Waals surface area contributed by atoms with E-state index in [4.69, 9.17) is 26.2 Å². The Labute approximate surface area is 249 Å². The van der Waals surface area contributed by atoms with Gasteiger partial charge in [-0.2, -0.15) is 0 Å². The maximum atomic E-state index is 13.3. The minimum absolute atomic E-state index is 0.104. The summed E-state index contributed by atoms with van der Waals surface area (Å²) < 4.78 is 29.9. The van der Waals surface area contributed by atoms with E-state index in [-0.39, 0.29) is 23.2 Å². The Balaban J connectivity index is 1.43.